The second-order valence-corrected chi connectivity index (χ2v) is 7.07. The third-order valence-electron chi connectivity index (χ3n) is 5.04. The van der Waals surface area contributed by atoms with E-state index in [1.54, 1.807) is 12.4 Å². The summed E-state index contributed by atoms with van der Waals surface area (Å²) in [6.07, 6.45) is 5.70. The van der Waals surface area contributed by atoms with Crippen molar-refractivity contribution in [2.24, 2.45) is 7.05 Å². The number of benzene rings is 1. The lowest BCUT2D eigenvalue weighted by molar-refractivity contribution is -0.115. The Bertz CT molecular complexity index is 941. The predicted molar refractivity (Wildman–Crippen MR) is 107 cm³/mol. The predicted octanol–water partition coefficient (Wildman–Crippen LogP) is 1.90. The minimum atomic E-state index is -0.0673. The number of aromatic nitrogens is 3. The Morgan fingerprint density at radius 3 is 2.52 bits per heavy atom. The van der Waals surface area contributed by atoms with Crippen LogP contribution in [0, 0.1) is 0 Å². The summed E-state index contributed by atoms with van der Waals surface area (Å²) in [7, 11) is 4.11. The molecule has 7 nitrogen and oxygen atoms in total. The zero-order valence-corrected chi connectivity index (χ0v) is 15.7. The summed E-state index contributed by atoms with van der Waals surface area (Å²) >= 11 is 0. The summed E-state index contributed by atoms with van der Waals surface area (Å²) in [5.41, 5.74) is 2.76. The Balaban J connectivity index is 1.40. The van der Waals surface area contributed by atoms with Gasteiger partial charge in [-0.3, -0.25) is 4.79 Å². The molecule has 0 saturated carbocycles. The molecule has 1 saturated heterocycles. The van der Waals surface area contributed by atoms with E-state index in [2.05, 4.69) is 38.2 Å². The Labute approximate surface area is 158 Å². The number of hydrogen-bond donors (Lipinski definition) is 1. The highest BCUT2D eigenvalue weighted by Gasteiger charge is 2.16. The fraction of sp³-hybridized carbons (Fsp3) is 0.350. The minimum absolute atomic E-state index is 0.0673. The molecule has 7 heteroatoms. The molecule has 140 valence electrons. The number of amides is 1. The zero-order valence-electron chi connectivity index (χ0n) is 15.7. The molecular formula is C20H24N6O. The zero-order chi connectivity index (χ0) is 18.8. The Hall–Kier alpha value is -2.93. The summed E-state index contributed by atoms with van der Waals surface area (Å²) in [6, 6.07) is 8.10. The van der Waals surface area contributed by atoms with Gasteiger partial charge in [0, 0.05) is 50.3 Å². The van der Waals surface area contributed by atoms with Crippen LogP contribution in [0.2, 0.25) is 0 Å². The smallest absolute Gasteiger partial charge is 0.228 e. The summed E-state index contributed by atoms with van der Waals surface area (Å²) in [5.74, 6) is 0.650. The number of anilines is 2. The van der Waals surface area contributed by atoms with Gasteiger partial charge in [-0.1, -0.05) is 18.2 Å². The van der Waals surface area contributed by atoms with Crippen molar-refractivity contribution in [1.82, 2.24) is 19.4 Å². The highest BCUT2D eigenvalue weighted by Crippen LogP contribution is 2.21. The molecular weight excluding hydrogens is 340 g/mol. The largest absolute Gasteiger partial charge is 0.350 e. The van der Waals surface area contributed by atoms with E-state index in [1.807, 2.05) is 36.0 Å². The van der Waals surface area contributed by atoms with Crippen molar-refractivity contribution in [1.29, 1.82) is 0 Å². The van der Waals surface area contributed by atoms with E-state index in [4.69, 9.17) is 0 Å². The van der Waals surface area contributed by atoms with Crippen LogP contribution < -0.4 is 10.2 Å². The quantitative estimate of drug-likeness (QED) is 0.766. The van der Waals surface area contributed by atoms with E-state index in [0.29, 0.717) is 12.1 Å². The number of nitrogens with zero attached hydrogens (tertiary/aromatic N) is 5. The normalized spacial score (nSPS) is 15.3. The van der Waals surface area contributed by atoms with Crippen molar-refractivity contribution >= 4 is 28.4 Å². The fourth-order valence-corrected chi connectivity index (χ4v) is 3.50. The van der Waals surface area contributed by atoms with Gasteiger partial charge >= 0.3 is 0 Å². The van der Waals surface area contributed by atoms with Gasteiger partial charge < -0.3 is 19.7 Å². The second-order valence-electron chi connectivity index (χ2n) is 7.07. The van der Waals surface area contributed by atoms with E-state index in [1.165, 1.54) is 0 Å². The molecule has 2 aromatic heterocycles. The number of carbonyl (C=O) groups is 1. The van der Waals surface area contributed by atoms with Gasteiger partial charge in [0.1, 0.15) is 0 Å². The topological polar surface area (TPSA) is 66.3 Å². The van der Waals surface area contributed by atoms with Crippen molar-refractivity contribution < 1.29 is 4.79 Å². The molecule has 0 bridgehead atoms. The maximum atomic E-state index is 12.5. The number of carbonyl (C=O) groups excluding carboxylic acids is 1. The molecule has 0 unspecified atom stereocenters. The van der Waals surface area contributed by atoms with Gasteiger partial charge in [0.15, 0.2) is 0 Å². The van der Waals surface area contributed by atoms with E-state index in [9.17, 15) is 4.79 Å². The maximum Gasteiger partial charge on any atom is 0.228 e. The van der Waals surface area contributed by atoms with Crippen LogP contribution in [0.5, 0.6) is 0 Å². The van der Waals surface area contributed by atoms with Crippen LogP contribution in [-0.2, 0) is 18.3 Å². The standard InChI is InChI=1S/C20H24N6O/c1-24-7-9-26(10-8-24)20-21-12-16(13-22-20)23-19(27)11-15-14-25(2)18-6-4-3-5-17(15)18/h3-6,12-14H,7-11H2,1-2H3,(H,23,27). The van der Waals surface area contributed by atoms with Gasteiger partial charge in [-0.25, -0.2) is 9.97 Å². The average Bonchev–Trinajstić information content (AvgIpc) is 2.99. The van der Waals surface area contributed by atoms with Gasteiger partial charge in [-0.15, -0.1) is 0 Å². The van der Waals surface area contributed by atoms with Crippen LogP contribution in [-0.4, -0.2) is 58.6 Å². The molecule has 4 rings (SSSR count). The van der Waals surface area contributed by atoms with Crippen LogP contribution in [0.3, 0.4) is 0 Å². The van der Waals surface area contributed by atoms with Crippen LogP contribution in [0.4, 0.5) is 11.6 Å². The molecule has 1 aromatic carbocycles. The molecule has 0 spiro atoms. The van der Waals surface area contributed by atoms with Gasteiger partial charge in [0.25, 0.3) is 0 Å². The van der Waals surface area contributed by atoms with Gasteiger partial charge in [-0.2, -0.15) is 0 Å². The van der Waals surface area contributed by atoms with Crippen LogP contribution in [0.1, 0.15) is 5.56 Å². The lowest BCUT2D eigenvalue weighted by Gasteiger charge is -2.32. The lowest BCUT2D eigenvalue weighted by atomic mass is 10.1. The Morgan fingerprint density at radius 1 is 1.07 bits per heavy atom. The first-order valence-corrected chi connectivity index (χ1v) is 9.18. The van der Waals surface area contributed by atoms with Crippen molar-refractivity contribution in [3.8, 4) is 0 Å². The molecule has 1 aliphatic heterocycles. The first-order valence-electron chi connectivity index (χ1n) is 9.18. The van der Waals surface area contributed by atoms with E-state index < -0.39 is 0 Å². The fourth-order valence-electron chi connectivity index (χ4n) is 3.50. The summed E-state index contributed by atoms with van der Waals surface area (Å²) < 4.78 is 2.05. The molecule has 1 fully saturated rings. The molecule has 0 atom stereocenters. The molecule has 27 heavy (non-hydrogen) atoms. The third kappa shape index (κ3) is 3.78. The highest BCUT2D eigenvalue weighted by atomic mass is 16.1. The molecule has 0 radical (unpaired) electrons. The number of hydrogen-bond acceptors (Lipinski definition) is 5. The number of para-hydroxylation sites is 1. The van der Waals surface area contributed by atoms with Crippen molar-refractivity contribution in [3.63, 3.8) is 0 Å². The Morgan fingerprint density at radius 2 is 1.78 bits per heavy atom. The van der Waals surface area contributed by atoms with Crippen molar-refractivity contribution in [3.05, 3.63) is 48.4 Å². The van der Waals surface area contributed by atoms with Crippen molar-refractivity contribution in [2.45, 2.75) is 6.42 Å². The van der Waals surface area contributed by atoms with Crippen LogP contribution >= 0.6 is 0 Å². The monoisotopic (exact) mass is 364 g/mol. The van der Waals surface area contributed by atoms with Gasteiger partial charge in [-0.05, 0) is 18.7 Å². The molecule has 1 N–H and O–H groups in total. The highest BCUT2D eigenvalue weighted by molar-refractivity contribution is 5.95. The van der Waals surface area contributed by atoms with Crippen LogP contribution in [0.25, 0.3) is 10.9 Å². The number of rotatable bonds is 4. The second kappa shape index (κ2) is 7.36. The molecule has 1 aliphatic rings. The first kappa shape index (κ1) is 17.5. The van der Waals surface area contributed by atoms with E-state index >= 15 is 0 Å². The SMILES string of the molecule is CN1CCN(c2ncc(NC(=O)Cc3cn(C)c4ccccc34)cn2)CC1. The number of piperazine rings is 1. The third-order valence-corrected chi connectivity index (χ3v) is 5.04. The molecule has 3 aromatic rings. The molecule has 0 aliphatic carbocycles. The van der Waals surface area contributed by atoms with Crippen LogP contribution in [0.15, 0.2) is 42.9 Å². The minimum Gasteiger partial charge on any atom is -0.350 e. The van der Waals surface area contributed by atoms with Gasteiger partial charge in [0.2, 0.25) is 11.9 Å². The number of fused-ring (bicyclic) bond motifs is 1. The first-order chi connectivity index (χ1) is 13.1. The summed E-state index contributed by atoms with van der Waals surface area (Å²) in [6.45, 7) is 3.85. The summed E-state index contributed by atoms with van der Waals surface area (Å²) in [5, 5.41) is 4.01. The van der Waals surface area contributed by atoms with E-state index in [0.717, 1.165) is 48.6 Å². The Kier molecular flexibility index (Phi) is 4.77. The number of likely N-dealkylation sites (N-methyl/N-ethyl adjacent to an activating group) is 1. The summed E-state index contributed by atoms with van der Waals surface area (Å²) in [4.78, 5) is 25.8. The molecule has 1 amide bonds. The average molecular weight is 364 g/mol. The van der Waals surface area contributed by atoms with Gasteiger partial charge in [0.05, 0.1) is 24.5 Å². The van der Waals surface area contributed by atoms with E-state index in [-0.39, 0.29) is 5.91 Å². The number of aryl methyl sites for hydroxylation is 1. The molecule has 3 heterocycles. The van der Waals surface area contributed by atoms with Crippen molar-refractivity contribution in [2.75, 3.05) is 43.4 Å². The lowest BCUT2D eigenvalue weighted by Crippen LogP contribution is -2.45. The maximum absolute atomic E-state index is 12.5. The number of nitrogens with one attached hydrogen (secondary N) is 1.